The van der Waals surface area contributed by atoms with Crippen LogP contribution in [0.4, 0.5) is 15.8 Å². The van der Waals surface area contributed by atoms with Gasteiger partial charge in [0.2, 0.25) is 0 Å². The Bertz CT molecular complexity index is 981. The van der Waals surface area contributed by atoms with E-state index in [1.54, 1.807) is 11.0 Å². The van der Waals surface area contributed by atoms with Crippen molar-refractivity contribution in [3.63, 3.8) is 0 Å². The topological polar surface area (TPSA) is 49.6 Å². The molecule has 1 amide bonds. The number of aromatic nitrogens is 1. The van der Waals surface area contributed by atoms with Gasteiger partial charge in [-0.3, -0.25) is 4.79 Å². The number of nitrogens with zero attached hydrogens (tertiary/aromatic N) is 3. The predicted octanol–water partition coefficient (Wildman–Crippen LogP) is 4.28. The Labute approximate surface area is 157 Å². The summed E-state index contributed by atoms with van der Waals surface area (Å²) in [5, 5.41) is 0. The summed E-state index contributed by atoms with van der Waals surface area (Å²) in [6, 6.07) is 12.2. The first kappa shape index (κ1) is 17.3. The number of oxazole rings is 1. The number of fused-ring (bicyclic) bond motifs is 1. The quantitative estimate of drug-likeness (QED) is 0.680. The second kappa shape index (κ2) is 6.87. The number of aryl methyl sites for hydroxylation is 1. The summed E-state index contributed by atoms with van der Waals surface area (Å²) in [6.45, 7) is 3.27. The van der Waals surface area contributed by atoms with Gasteiger partial charge in [-0.05, 0) is 31.5 Å². The Morgan fingerprint density at radius 2 is 1.89 bits per heavy atom. The summed E-state index contributed by atoms with van der Waals surface area (Å²) < 4.78 is 19.4. The van der Waals surface area contributed by atoms with Crippen LogP contribution in [-0.2, 0) is 0 Å². The third-order valence-corrected chi connectivity index (χ3v) is 4.84. The lowest BCUT2D eigenvalue weighted by Crippen LogP contribution is -2.32. The molecule has 0 radical (unpaired) electrons. The average molecular weight is 365 g/mol. The molecule has 5 nitrogen and oxygen atoms in total. The predicted molar refractivity (Wildman–Crippen MR) is 103 cm³/mol. The number of halogens is 1. The van der Waals surface area contributed by atoms with Crippen molar-refractivity contribution in [2.24, 2.45) is 0 Å². The SMILES string of the molecule is Cc1ccc(-c2ocnc2C(=O)N2CCCN(C)c3ccc(F)cc32)cc1. The van der Waals surface area contributed by atoms with E-state index in [-0.39, 0.29) is 17.4 Å². The molecular weight excluding hydrogens is 345 g/mol. The molecule has 0 N–H and O–H groups in total. The third-order valence-electron chi connectivity index (χ3n) is 4.84. The van der Waals surface area contributed by atoms with E-state index in [4.69, 9.17) is 4.42 Å². The zero-order chi connectivity index (χ0) is 19.0. The van der Waals surface area contributed by atoms with Gasteiger partial charge in [-0.15, -0.1) is 0 Å². The number of carbonyl (C=O) groups excluding carboxylic acids is 1. The van der Waals surface area contributed by atoms with Crippen molar-refractivity contribution in [1.29, 1.82) is 0 Å². The van der Waals surface area contributed by atoms with E-state index in [0.29, 0.717) is 18.0 Å². The Hall–Kier alpha value is -3.15. The minimum Gasteiger partial charge on any atom is -0.443 e. The molecular formula is C21H20FN3O2. The maximum Gasteiger partial charge on any atom is 0.280 e. The van der Waals surface area contributed by atoms with Gasteiger partial charge in [0.15, 0.2) is 17.8 Å². The average Bonchev–Trinajstić information content (AvgIpc) is 3.08. The fourth-order valence-corrected chi connectivity index (χ4v) is 3.39. The fraction of sp³-hybridized carbons (Fsp3) is 0.238. The van der Waals surface area contributed by atoms with Crippen LogP contribution in [0.25, 0.3) is 11.3 Å². The number of benzene rings is 2. The first-order chi connectivity index (χ1) is 13.0. The monoisotopic (exact) mass is 365 g/mol. The molecule has 27 heavy (non-hydrogen) atoms. The number of anilines is 2. The van der Waals surface area contributed by atoms with Crippen molar-refractivity contribution in [2.45, 2.75) is 13.3 Å². The molecule has 6 heteroatoms. The molecule has 138 valence electrons. The summed E-state index contributed by atoms with van der Waals surface area (Å²) in [5.41, 5.74) is 3.51. The van der Waals surface area contributed by atoms with Crippen LogP contribution in [-0.4, -0.2) is 31.0 Å². The Morgan fingerprint density at radius 3 is 2.67 bits per heavy atom. The lowest BCUT2D eigenvalue weighted by atomic mass is 10.1. The number of rotatable bonds is 2. The number of hydrogen-bond donors (Lipinski definition) is 0. The molecule has 0 fully saturated rings. The Morgan fingerprint density at radius 1 is 1.11 bits per heavy atom. The summed E-state index contributed by atoms with van der Waals surface area (Å²) >= 11 is 0. The van der Waals surface area contributed by atoms with E-state index in [0.717, 1.165) is 29.8 Å². The summed E-state index contributed by atoms with van der Waals surface area (Å²) in [5.74, 6) is -0.238. The fourth-order valence-electron chi connectivity index (χ4n) is 3.39. The smallest absolute Gasteiger partial charge is 0.280 e. The van der Waals surface area contributed by atoms with Gasteiger partial charge in [0.25, 0.3) is 5.91 Å². The molecule has 2 aromatic carbocycles. The molecule has 0 saturated carbocycles. The summed E-state index contributed by atoms with van der Waals surface area (Å²) in [6.07, 6.45) is 2.05. The molecule has 1 aliphatic heterocycles. The van der Waals surface area contributed by atoms with E-state index in [1.165, 1.54) is 18.5 Å². The van der Waals surface area contributed by atoms with Gasteiger partial charge < -0.3 is 14.2 Å². The van der Waals surface area contributed by atoms with Gasteiger partial charge in [0, 0.05) is 25.7 Å². The molecule has 0 atom stereocenters. The molecule has 0 aliphatic carbocycles. The molecule has 0 saturated heterocycles. The van der Waals surface area contributed by atoms with Crippen molar-refractivity contribution in [3.05, 3.63) is 65.9 Å². The molecule has 2 heterocycles. The zero-order valence-corrected chi connectivity index (χ0v) is 15.3. The normalized spacial score (nSPS) is 14.0. The van der Waals surface area contributed by atoms with Crippen LogP contribution in [0.3, 0.4) is 0 Å². The van der Waals surface area contributed by atoms with Crippen molar-refractivity contribution in [2.75, 3.05) is 29.9 Å². The van der Waals surface area contributed by atoms with Gasteiger partial charge in [-0.2, -0.15) is 0 Å². The molecule has 4 rings (SSSR count). The third kappa shape index (κ3) is 3.18. The number of hydrogen-bond acceptors (Lipinski definition) is 4. The van der Waals surface area contributed by atoms with Gasteiger partial charge >= 0.3 is 0 Å². The first-order valence-electron chi connectivity index (χ1n) is 8.87. The van der Waals surface area contributed by atoms with Crippen LogP contribution in [0.5, 0.6) is 0 Å². The summed E-state index contributed by atoms with van der Waals surface area (Å²) in [4.78, 5) is 21.1. The highest BCUT2D eigenvalue weighted by Crippen LogP contribution is 2.34. The molecule has 0 bridgehead atoms. The van der Waals surface area contributed by atoms with Gasteiger partial charge in [0.1, 0.15) is 5.82 Å². The largest absolute Gasteiger partial charge is 0.443 e. The number of amides is 1. The molecule has 1 aromatic heterocycles. The zero-order valence-electron chi connectivity index (χ0n) is 15.3. The van der Waals surface area contributed by atoms with Crippen molar-refractivity contribution < 1.29 is 13.6 Å². The second-order valence-corrected chi connectivity index (χ2v) is 6.76. The highest BCUT2D eigenvalue weighted by molar-refractivity contribution is 6.09. The molecule has 1 aliphatic rings. The highest BCUT2D eigenvalue weighted by atomic mass is 19.1. The highest BCUT2D eigenvalue weighted by Gasteiger charge is 2.29. The second-order valence-electron chi connectivity index (χ2n) is 6.76. The minimum absolute atomic E-state index is 0.235. The maximum atomic E-state index is 13.9. The van der Waals surface area contributed by atoms with Crippen LogP contribution in [0.2, 0.25) is 0 Å². The van der Waals surface area contributed by atoms with E-state index < -0.39 is 0 Å². The van der Waals surface area contributed by atoms with Crippen LogP contribution in [0.15, 0.2) is 53.3 Å². The van der Waals surface area contributed by atoms with Crippen molar-refractivity contribution in [1.82, 2.24) is 4.98 Å². The van der Waals surface area contributed by atoms with E-state index in [2.05, 4.69) is 4.98 Å². The molecule has 0 unspecified atom stereocenters. The standard InChI is InChI=1S/C21H20FN3O2/c1-14-4-6-15(7-5-14)20-19(23-13-27-20)21(26)25-11-3-10-24(2)17-9-8-16(22)12-18(17)25/h4-9,12-13H,3,10-11H2,1-2H3. The summed E-state index contributed by atoms with van der Waals surface area (Å²) in [7, 11) is 1.94. The minimum atomic E-state index is -0.374. The van der Waals surface area contributed by atoms with Crippen LogP contribution < -0.4 is 9.80 Å². The van der Waals surface area contributed by atoms with Crippen LogP contribution in [0.1, 0.15) is 22.5 Å². The molecule has 0 spiro atoms. The van der Waals surface area contributed by atoms with Crippen LogP contribution in [0, 0.1) is 12.7 Å². The van der Waals surface area contributed by atoms with E-state index in [9.17, 15) is 9.18 Å². The maximum absolute atomic E-state index is 13.9. The van der Waals surface area contributed by atoms with Gasteiger partial charge in [-0.25, -0.2) is 9.37 Å². The molecule has 3 aromatic rings. The Kier molecular flexibility index (Phi) is 4.39. The van der Waals surface area contributed by atoms with E-state index in [1.807, 2.05) is 43.1 Å². The van der Waals surface area contributed by atoms with Crippen LogP contribution >= 0.6 is 0 Å². The van der Waals surface area contributed by atoms with Gasteiger partial charge in [0.05, 0.1) is 11.4 Å². The lowest BCUT2D eigenvalue weighted by Gasteiger charge is -2.24. The van der Waals surface area contributed by atoms with E-state index >= 15 is 0 Å². The van der Waals surface area contributed by atoms with Crippen molar-refractivity contribution >= 4 is 17.3 Å². The lowest BCUT2D eigenvalue weighted by molar-refractivity contribution is 0.0983. The van der Waals surface area contributed by atoms with Crippen molar-refractivity contribution in [3.8, 4) is 11.3 Å². The number of carbonyl (C=O) groups is 1. The Balaban J connectivity index is 1.76. The van der Waals surface area contributed by atoms with Gasteiger partial charge in [-0.1, -0.05) is 29.8 Å². The first-order valence-corrected chi connectivity index (χ1v) is 8.87.